The van der Waals surface area contributed by atoms with Crippen LogP contribution in [0.5, 0.6) is 0 Å². The summed E-state index contributed by atoms with van der Waals surface area (Å²) in [6.45, 7) is 9.69. The first-order valence-electron chi connectivity index (χ1n) is 8.04. The number of anilines is 1. The molecule has 21 heavy (non-hydrogen) atoms. The molecule has 0 atom stereocenters. The zero-order valence-corrected chi connectivity index (χ0v) is 13.7. The molecule has 0 radical (unpaired) electrons. The van der Waals surface area contributed by atoms with E-state index in [0.717, 1.165) is 43.1 Å². The highest BCUT2D eigenvalue weighted by atomic mass is 15.1. The molecule has 2 rings (SSSR count). The summed E-state index contributed by atoms with van der Waals surface area (Å²) in [6, 6.07) is 8.44. The lowest BCUT2D eigenvalue weighted by Gasteiger charge is -2.11. The first-order chi connectivity index (χ1) is 10.1. The lowest BCUT2D eigenvalue weighted by atomic mass is 10.0. The molecule has 0 spiro atoms. The third-order valence-corrected chi connectivity index (χ3v) is 3.94. The maximum atomic E-state index is 6.44. The predicted molar refractivity (Wildman–Crippen MR) is 90.5 cm³/mol. The smallest absolute Gasteiger partial charge is 0.131 e. The van der Waals surface area contributed by atoms with Crippen LogP contribution in [0.4, 0.5) is 5.82 Å². The van der Waals surface area contributed by atoms with Crippen molar-refractivity contribution in [3.05, 3.63) is 35.7 Å². The molecule has 0 bridgehead atoms. The molecule has 0 aliphatic carbocycles. The monoisotopic (exact) mass is 285 g/mol. The van der Waals surface area contributed by atoms with Gasteiger partial charge in [0.25, 0.3) is 0 Å². The zero-order chi connectivity index (χ0) is 15.4. The Labute approximate surface area is 128 Å². The normalized spacial score (nSPS) is 11.3. The van der Waals surface area contributed by atoms with Crippen molar-refractivity contribution in [1.29, 1.82) is 0 Å². The Morgan fingerprint density at radius 3 is 2.52 bits per heavy atom. The first kappa shape index (κ1) is 15.6. The van der Waals surface area contributed by atoms with Crippen LogP contribution in [-0.4, -0.2) is 9.55 Å². The van der Waals surface area contributed by atoms with Gasteiger partial charge in [-0.25, -0.2) is 4.98 Å². The van der Waals surface area contributed by atoms with Gasteiger partial charge in [0.05, 0.1) is 0 Å². The van der Waals surface area contributed by atoms with Gasteiger partial charge in [-0.1, -0.05) is 58.4 Å². The highest BCUT2D eigenvalue weighted by molar-refractivity contribution is 5.74. The van der Waals surface area contributed by atoms with Crippen LogP contribution in [0.2, 0.25) is 0 Å². The number of hydrogen-bond donors (Lipinski definition) is 1. The van der Waals surface area contributed by atoms with Gasteiger partial charge in [0.1, 0.15) is 17.3 Å². The van der Waals surface area contributed by atoms with Crippen LogP contribution >= 0.6 is 0 Å². The number of nitrogens with zero attached hydrogens (tertiary/aromatic N) is 2. The zero-order valence-electron chi connectivity index (χ0n) is 13.7. The molecule has 0 amide bonds. The minimum Gasteiger partial charge on any atom is -0.383 e. The molecule has 114 valence electrons. The topological polar surface area (TPSA) is 43.8 Å². The molecule has 2 N–H and O–H groups in total. The van der Waals surface area contributed by atoms with Crippen LogP contribution in [0.15, 0.2) is 24.3 Å². The Kier molecular flexibility index (Phi) is 5.05. The number of unbranched alkanes of at least 4 members (excludes halogenated alkanes) is 1. The lowest BCUT2D eigenvalue weighted by molar-refractivity contribution is 0.588. The molecule has 2 aromatic rings. The molecular formula is C18H27N3. The van der Waals surface area contributed by atoms with E-state index in [9.17, 15) is 0 Å². The number of benzene rings is 1. The van der Waals surface area contributed by atoms with E-state index in [4.69, 9.17) is 10.7 Å². The molecule has 1 heterocycles. The number of rotatable bonds is 6. The Morgan fingerprint density at radius 1 is 1.19 bits per heavy atom. The van der Waals surface area contributed by atoms with E-state index in [-0.39, 0.29) is 0 Å². The highest BCUT2D eigenvalue weighted by Crippen LogP contribution is 2.32. The van der Waals surface area contributed by atoms with Crippen molar-refractivity contribution in [3.8, 4) is 11.3 Å². The van der Waals surface area contributed by atoms with E-state index in [1.165, 1.54) is 11.1 Å². The average molecular weight is 285 g/mol. The number of hydrogen-bond acceptors (Lipinski definition) is 2. The molecule has 0 unspecified atom stereocenters. The van der Waals surface area contributed by atoms with Crippen molar-refractivity contribution in [3.63, 3.8) is 0 Å². The predicted octanol–water partition coefficient (Wildman–Crippen LogP) is 4.62. The number of imidazole rings is 1. The van der Waals surface area contributed by atoms with E-state index in [1.54, 1.807) is 0 Å². The van der Waals surface area contributed by atoms with Crippen LogP contribution in [0.3, 0.4) is 0 Å². The molecule has 1 aromatic heterocycles. The minimum absolute atomic E-state index is 0.381. The van der Waals surface area contributed by atoms with E-state index in [1.807, 2.05) is 0 Å². The fraction of sp³-hybridized carbons (Fsp3) is 0.500. The molecular weight excluding hydrogens is 258 g/mol. The SMILES string of the molecule is CCCCn1c(C(C)C)nc(-c2ccccc2CC)c1N. The number of nitrogen functional groups attached to an aromatic ring is 1. The van der Waals surface area contributed by atoms with Crippen molar-refractivity contribution < 1.29 is 0 Å². The summed E-state index contributed by atoms with van der Waals surface area (Å²) in [7, 11) is 0. The first-order valence-corrected chi connectivity index (χ1v) is 8.04. The van der Waals surface area contributed by atoms with E-state index < -0.39 is 0 Å². The Morgan fingerprint density at radius 2 is 1.90 bits per heavy atom. The van der Waals surface area contributed by atoms with Crippen LogP contribution < -0.4 is 5.73 Å². The van der Waals surface area contributed by atoms with Gasteiger partial charge in [-0.15, -0.1) is 0 Å². The quantitative estimate of drug-likeness (QED) is 0.841. The van der Waals surface area contributed by atoms with Crippen molar-refractivity contribution in [2.45, 2.75) is 59.4 Å². The molecule has 0 fully saturated rings. The molecule has 0 aliphatic heterocycles. The third kappa shape index (κ3) is 3.12. The summed E-state index contributed by atoms with van der Waals surface area (Å²) in [5, 5.41) is 0. The Hall–Kier alpha value is -1.77. The second kappa shape index (κ2) is 6.79. The summed E-state index contributed by atoms with van der Waals surface area (Å²) in [6.07, 6.45) is 3.29. The molecule has 0 saturated heterocycles. The van der Waals surface area contributed by atoms with Crippen LogP contribution in [0.25, 0.3) is 11.3 Å². The van der Waals surface area contributed by atoms with Crippen LogP contribution in [0, 0.1) is 0 Å². The van der Waals surface area contributed by atoms with E-state index >= 15 is 0 Å². The number of aromatic nitrogens is 2. The van der Waals surface area contributed by atoms with Gasteiger partial charge in [0.2, 0.25) is 0 Å². The van der Waals surface area contributed by atoms with Gasteiger partial charge in [-0.05, 0) is 18.4 Å². The summed E-state index contributed by atoms with van der Waals surface area (Å²) in [5.41, 5.74) is 9.87. The summed E-state index contributed by atoms with van der Waals surface area (Å²) >= 11 is 0. The van der Waals surface area contributed by atoms with Crippen molar-refractivity contribution in [1.82, 2.24) is 9.55 Å². The molecule has 0 saturated carbocycles. The summed E-state index contributed by atoms with van der Waals surface area (Å²) in [4.78, 5) is 4.88. The van der Waals surface area contributed by atoms with Gasteiger partial charge in [-0.2, -0.15) is 0 Å². The fourth-order valence-electron chi connectivity index (χ4n) is 2.73. The average Bonchev–Trinajstić information content (AvgIpc) is 2.82. The number of nitrogens with two attached hydrogens (primary N) is 1. The fourth-order valence-corrected chi connectivity index (χ4v) is 2.73. The second-order valence-electron chi connectivity index (χ2n) is 5.87. The molecule has 1 aromatic carbocycles. The molecule has 0 aliphatic rings. The largest absolute Gasteiger partial charge is 0.383 e. The van der Waals surface area contributed by atoms with E-state index in [2.05, 4.69) is 56.5 Å². The summed E-state index contributed by atoms with van der Waals surface area (Å²) < 4.78 is 2.20. The Bertz CT molecular complexity index is 597. The van der Waals surface area contributed by atoms with Gasteiger partial charge >= 0.3 is 0 Å². The maximum Gasteiger partial charge on any atom is 0.131 e. The van der Waals surface area contributed by atoms with Crippen molar-refractivity contribution in [2.75, 3.05) is 5.73 Å². The standard InChI is InChI=1S/C18H27N3/c1-5-7-12-21-17(19)16(20-18(21)13(3)4)15-11-9-8-10-14(15)6-2/h8-11,13H,5-7,12,19H2,1-4H3. The maximum absolute atomic E-state index is 6.44. The van der Waals surface area contributed by atoms with Gasteiger partial charge < -0.3 is 10.3 Å². The number of aryl methyl sites for hydroxylation is 1. The molecule has 3 nitrogen and oxygen atoms in total. The lowest BCUT2D eigenvalue weighted by Crippen LogP contribution is -2.08. The minimum atomic E-state index is 0.381. The molecule has 3 heteroatoms. The van der Waals surface area contributed by atoms with Gasteiger partial charge in [-0.3, -0.25) is 0 Å². The Balaban J connectivity index is 2.54. The van der Waals surface area contributed by atoms with Crippen molar-refractivity contribution in [2.24, 2.45) is 0 Å². The third-order valence-electron chi connectivity index (χ3n) is 3.94. The van der Waals surface area contributed by atoms with Crippen LogP contribution in [-0.2, 0) is 13.0 Å². The van der Waals surface area contributed by atoms with Gasteiger partial charge in [0.15, 0.2) is 0 Å². The summed E-state index contributed by atoms with van der Waals surface area (Å²) in [5.74, 6) is 2.29. The van der Waals surface area contributed by atoms with Crippen LogP contribution in [0.1, 0.15) is 57.8 Å². The van der Waals surface area contributed by atoms with Crippen molar-refractivity contribution >= 4 is 5.82 Å². The van der Waals surface area contributed by atoms with E-state index in [0.29, 0.717) is 5.92 Å². The second-order valence-corrected chi connectivity index (χ2v) is 5.87. The highest BCUT2D eigenvalue weighted by Gasteiger charge is 2.19. The van der Waals surface area contributed by atoms with Gasteiger partial charge in [0, 0.05) is 18.0 Å².